The summed E-state index contributed by atoms with van der Waals surface area (Å²) in [7, 11) is 1.37. The highest BCUT2D eigenvalue weighted by molar-refractivity contribution is 5.80. The predicted octanol–water partition coefficient (Wildman–Crippen LogP) is 3.84. The minimum absolute atomic E-state index is 0.0209. The van der Waals surface area contributed by atoms with E-state index in [0.29, 0.717) is 6.42 Å². The molecule has 0 aromatic heterocycles. The van der Waals surface area contributed by atoms with Crippen molar-refractivity contribution in [3.05, 3.63) is 0 Å². The Morgan fingerprint density at radius 1 is 1.00 bits per heavy atom. The lowest BCUT2D eigenvalue weighted by Crippen LogP contribution is -2.51. The maximum atomic E-state index is 12.8. The first-order valence-corrected chi connectivity index (χ1v) is 9.19. The summed E-state index contributed by atoms with van der Waals surface area (Å²) in [4.78, 5) is 24.8. The van der Waals surface area contributed by atoms with E-state index in [2.05, 4.69) is 33.0 Å². The summed E-state index contributed by atoms with van der Waals surface area (Å²) in [6.07, 6.45) is 2.83. The van der Waals surface area contributed by atoms with E-state index in [4.69, 9.17) is 9.47 Å². The number of esters is 2. The molecule has 0 saturated carbocycles. The molecule has 1 fully saturated rings. The third-order valence-corrected chi connectivity index (χ3v) is 4.95. The van der Waals surface area contributed by atoms with Crippen LogP contribution in [0.1, 0.15) is 81.1 Å². The molecule has 1 heterocycles. The molecule has 0 radical (unpaired) electrons. The molecule has 1 N–H and O–H groups in total. The van der Waals surface area contributed by atoms with Gasteiger partial charge in [0, 0.05) is 17.5 Å². The Balaban J connectivity index is 2.81. The van der Waals surface area contributed by atoms with E-state index in [1.165, 1.54) is 7.11 Å². The van der Waals surface area contributed by atoms with Crippen molar-refractivity contribution in [1.82, 2.24) is 5.32 Å². The van der Waals surface area contributed by atoms with E-state index in [1.807, 2.05) is 13.8 Å². The molecule has 1 atom stereocenters. The van der Waals surface area contributed by atoms with Crippen LogP contribution in [0, 0.1) is 10.8 Å². The predicted molar refractivity (Wildman–Crippen MR) is 99.2 cm³/mol. The second kappa shape index (κ2) is 7.26. The van der Waals surface area contributed by atoms with E-state index in [9.17, 15) is 9.59 Å². The van der Waals surface area contributed by atoms with Crippen LogP contribution in [0.3, 0.4) is 0 Å². The van der Waals surface area contributed by atoms with Gasteiger partial charge in [-0.25, -0.2) is 0 Å². The van der Waals surface area contributed by atoms with Crippen molar-refractivity contribution in [3.63, 3.8) is 0 Å². The first kappa shape index (κ1) is 21.9. The van der Waals surface area contributed by atoms with Crippen LogP contribution in [0.5, 0.6) is 0 Å². The zero-order valence-electron chi connectivity index (χ0n) is 17.5. The second-order valence-corrected chi connectivity index (χ2v) is 10.1. The summed E-state index contributed by atoms with van der Waals surface area (Å²) in [6, 6.07) is 0. The lowest BCUT2D eigenvalue weighted by Gasteiger charge is -2.35. The molecule has 1 unspecified atom stereocenters. The quantitative estimate of drug-likeness (QED) is 0.759. The fraction of sp³-hybridized carbons (Fsp3) is 0.900. The van der Waals surface area contributed by atoms with Gasteiger partial charge in [0.15, 0.2) is 0 Å². The average molecular weight is 356 g/mol. The Morgan fingerprint density at radius 3 is 2.04 bits per heavy atom. The van der Waals surface area contributed by atoms with Gasteiger partial charge in [-0.15, -0.1) is 0 Å². The van der Waals surface area contributed by atoms with Gasteiger partial charge in [-0.3, -0.25) is 9.59 Å². The molecule has 5 nitrogen and oxygen atoms in total. The summed E-state index contributed by atoms with van der Waals surface area (Å²) >= 11 is 0. The van der Waals surface area contributed by atoms with Gasteiger partial charge in [-0.2, -0.15) is 0 Å². The molecule has 1 aliphatic rings. The van der Waals surface area contributed by atoms with Crippen molar-refractivity contribution in [2.45, 2.75) is 98.3 Å². The summed E-state index contributed by atoms with van der Waals surface area (Å²) in [5.41, 5.74) is -1.56. The van der Waals surface area contributed by atoms with Crippen LogP contribution in [0.15, 0.2) is 0 Å². The molecule has 5 heteroatoms. The van der Waals surface area contributed by atoms with Crippen molar-refractivity contribution in [2.75, 3.05) is 7.11 Å². The van der Waals surface area contributed by atoms with Crippen LogP contribution in [0.2, 0.25) is 0 Å². The van der Waals surface area contributed by atoms with Gasteiger partial charge in [0.2, 0.25) is 0 Å². The molecule has 146 valence electrons. The number of nitrogens with one attached hydrogen (secondary N) is 1. The third kappa shape index (κ3) is 6.28. The van der Waals surface area contributed by atoms with Gasteiger partial charge >= 0.3 is 11.9 Å². The van der Waals surface area contributed by atoms with Gasteiger partial charge in [0.1, 0.15) is 6.10 Å². The molecular formula is C20H37NO4. The van der Waals surface area contributed by atoms with E-state index in [0.717, 1.165) is 19.3 Å². The normalized spacial score (nSPS) is 23.5. The molecule has 0 aromatic carbocycles. The first-order chi connectivity index (χ1) is 11.1. The Hall–Kier alpha value is -1.10. The second-order valence-electron chi connectivity index (χ2n) is 10.1. The topological polar surface area (TPSA) is 64.6 Å². The number of ether oxygens (including phenoxy) is 2. The van der Waals surface area contributed by atoms with E-state index in [1.54, 1.807) is 13.8 Å². The van der Waals surface area contributed by atoms with Crippen LogP contribution in [-0.2, 0) is 19.1 Å². The highest BCUT2D eigenvalue weighted by Gasteiger charge is 2.42. The Morgan fingerprint density at radius 2 is 1.52 bits per heavy atom. The number of methoxy groups -OCH3 is 1. The van der Waals surface area contributed by atoms with Crippen LogP contribution >= 0.6 is 0 Å². The molecule has 0 aliphatic carbocycles. The Kier molecular flexibility index (Phi) is 6.37. The maximum absolute atomic E-state index is 12.8. The smallest absolute Gasteiger partial charge is 0.311 e. The van der Waals surface area contributed by atoms with Gasteiger partial charge < -0.3 is 14.8 Å². The fourth-order valence-electron chi connectivity index (χ4n) is 4.16. The molecule has 0 bridgehead atoms. The minimum atomic E-state index is -0.753. The number of carbonyl (C=O) groups is 2. The lowest BCUT2D eigenvalue weighted by atomic mass is 9.75. The van der Waals surface area contributed by atoms with Crippen molar-refractivity contribution in [2.24, 2.45) is 10.8 Å². The van der Waals surface area contributed by atoms with Crippen LogP contribution in [0.25, 0.3) is 0 Å². The van der Waals surface area contributed by atoms with Crippen molar-refractivity contribution >= 4 is 11.9 Å². The highest BCUT2D eigenvalue weighted by atomic mass is 16.5. The Bertz CT molecular complexity index is 506. The standard InChI is InChI=1S/C20H37NO4/c1-17(2,15(22)24-9)13-18(3,4)16(23)25-14-10-11-19(5,6)21-20(7,8)12-14/h14,21H,10-13H2,1-9H3. The van der Waals surface area contributed by atoms with E-state index >= 15 is 0 Å². The van der Waals surface area contributed by atoms with Crippen molar-refractivity contribution < 1.29 is 19.1 Å². The largest absolute Gasteiger partial charge is 0.469 e. The molecule has 25 heavy (non-hydrogen) atoms. The summed E-state index contributed by atoms with van der Waals surface area (Å²) in [6.45, 7) is 15.9. The fourth-order valence-corrected chi connectivity index (χ4v) is 4.16. The molecule has 1 rings (SSSR count). The number of rotatable bonds is 5. The first-order valence-electron chi connectivity index (χ1n) is 9.19. The van der Waals surface area contributed by atoms with Crippen molar-refractivity contribution in [3.8, 4) is 0 Å². The average Bonchev–Trinajstić information content (AvgIpc) is 2.50. The summed E-state index contributed by atoms with van der Waals surface area (Å²) < 4.78 is 10.8. The molecule has 0 amide bonds. The van der Waals surface area contributed by atoms with E-state index in [-0.39, 0.29) is 29.1 Å². The number of carbonyl (C=O) groups excluding carboxylic acids is 2. The van der Waals surface area contributed by atoms with Crippen molar-refractivity contribution in [1.29, 1.82) is 0 Å². The molecule has 1 saturated heterocycles. The molecule has 1 aliphatic heterocycles. The van der Waals surface area contributed by atoms with Gasteiger partial charge in [0.05, 0.1) is 17.9 Å². The van der Waals surface area contributed by atoms with Crippen LogP contribution in [-0.4, -0.2) is 36.2 Å². The molecule has 0 aromatic rings. The molecular weight excluding hydrogens is 318 g/mol. The third-order valence-electron chi connectivity index (χ3n) is 4.95. The Labute approximate surface area is 153 Å². The molecule has 0 spiro atoms. The summed E-state index contributed by atoms with van der Waals surface area (Å²) in [5, 5.41) is 3.64. The van der Waals surface area contributed by atoms with E-state index < -0.39 is 10.8 Å². The van der Waals surface area contributed by atoms with Crippen LogP contribution in [0.4, 0.5) is 0 Å². The van der Waals surface area contributed by atoms with Gasteiger partial charge in [0.25, 0.3) is 0 Å². The maximum Gasteiger partial charge on any atom is 0.311 e. The number of hydrogen-bond donors (Lipinski definition) is 1. The monoisotopic (exact) mass is 355 g/mol. The number of hydrogen-bond acceptors (Lipinski definition) is 5. The zero-order chi connectivity index (χ0) is 19.7. The SMILES string of the molecule is COC(=O)C(C)(C)CC(C)(C)C(=O)OC1CCC(C)(C)NC(C)(C)C1. The lowest BCUT2D eigenvalue weighted by molar-refractivity contribution is -0.165. The zero-order valence-corrected chi connectivity index (χ0v) is 17.5. The van der Waals surface area contributed by atoms with Gasteiger partial charge in [-0.05, 0) is 74.7 Å². The summed E-state index contributed by atoms with van der Waals surface area (Å²) in [5.74, 6) is -0.556. The highest BCUT2D eigenvalue weighted by Crippen LogP contribution is 2.37. The van der Waals surface area contributed by atoms with Crippen LogP contribution < -0.4 is 5.32 Å². The minimum Gasteiger partial charge on any atom is -0.469 e. The van der Waals surface area contributed by atoms with Gasteiger partial charge in [-0.1, -0.05) is 0 Å².